The maximum atomic E-state index is 5.72. The van der Waals surface area contributed by atoms with Crippen LogP contribution in [0.25, 0.3) is 0 Å². The van der Waals surface area contributed by atoms with E-state index in [-0.39, 0.29) is 24.8 Å². The van der Waals surface area contributed by atoms with Crippen molar-refractivity contribution in [3.8, 4) is 11.5 Å². The van der Waals surface area contributed by atoms with E-state index < -0.39 is 0 Å². The molecule has 0 aliphatic rings. The van der Waals surface area contributed by atoms with Crippen LogP contribution in [0.5, 0.6) is 11.5 Å². The zero-order valence-electron chi connectivity index (χ0n) is 14.3. The van der Waals surface area contributed by atoms with E-state index in [9.17, 15) is 0 Å². The van der Waals surface area contributed by atoms with Crippen LogP contribution in [-0.4, -0.2) is 33.9 Å². The van der Waals surface area contributed by atoms with Crippen molar-refractivity contribution in [3.63, 3.8) is 0 Å². The summed E-state index contributed by atoms with van der Waals surface area (Å²) in [5.74, 6) is 1.63. The van der Waals surface area contributed by atoms with Gasteiger partial charge in [-0.05, 0) is 51.5 Å². The second kappa shape index (κ2) is 14.6. The third-order valence-electron chi connectivity index (χ3n) is 3.17. The molecule has 2 N–H and O–H groups in total. The number of methoxy groups -OCH3 is 1. The third kappa shape index (κ3) is 8.47. The van der Waals surface area contributed by atoms with Crippen LogP contribution < -0.4 is 20.1 Å². The van der Waals surface area contributed by atoms with E-state index in [2.05, 4.69) is 23.3 Å². The summed E-state index contributed by atoms with van der Waals surface area (Å²) >= 11 is 0. The van der Waals surface area contributed by atoms with E-state index in [1.165, 1.54) is 5.56 Å². The van der Waals surface area contributed by atoms with Gasteiger partial charge in [-0.1, -0.05) is 12.1 Å². The van der Waals surface area contributed by atoms with Gasteiger partial charge in [0.2, 0.25) is 0 Å². The van der Waals surface area contributed by atoms with Gasteiger partial charge in [-0.3, -0.25) is 0 Å². The fraction of sp³-hybridized carbons (Fsp3) is 0.529. The monoisotopic (exact) mass is 364 g/mol. The van der Waals surface area contributed by atoms with Crippen LogP contribution in [-0.2, 0) is 13.0 Å². The Kier molecular flexibility index (Phi) is 15.5. The number of rotatable bonds is 11. The summed E-state index contributed by atoms with van der Waals surface area (Å²) in [5, 5.41) is 6.59. The van der Waals surface area contributed by atoms with Gasteiger partial charge >= 0.3 is 0 Å². The molecule has 0 amide bonds. The molecular formula is C17H30Cl2N2O2. The SMILES string of the molecule is C=CCc1cc(CNCCCNC)cc(OC)c1OCC.Cl.Cl. The number of hydrogen-bond donors (Lipinski definition) is 2. The predicted octanol–water partition coefficient (Wildman–Crippen LogP) is 3.37. The number of nitrogens with one attached hydrogen (secondary N) is 2. The van der Waals surface area contributed by atoms with Crippen LogP contribution in [0.4, 0.5) is 0 Å². The predicted molar refractivity (Wildman–Crippen MR) is 103 cm³/mol. The summed E-state index contributed by atoms with van der Waals surface area (Å²) in [6.07, 6.45) is 3.78. The van der Waals surface area contributed by atoms with Crippen molar-refractivity contribution in [2.75, 3.05) is 33.9 Å². The van der Waals surface area contributed by atoms with Crippen molar-refractivity contribution >= 4 is 24.8 Å². The van der Waals surface area contributed by atoms with E-state index >= 15 is 0 Å². The summed E-state index contributed by atoms with van der Waals surface area (Å²) in [4.78, 5) is 0. The molecule has 0 spiro atoms. The third-order valence-corrected chi connectivity index (χ3v) is 3.17. The largest absolute Gasteiger partial charge is 0.493 e. The average Bonchev–Trinajstić information content (AvgIpc) is 2.49. The minimum Gasteiger partial charge on any atom is -0.493 e. The fourth-order valence-corrected chi connectivity index (χ4v) is 2.22. The topological polar surface area (TPSA) is 42.5 Å². The molecule has 0 fully saturated rings. The smallest absolute Gasteiger partial charge is 0.164 e. The molecule has 0 aliphatic carbocycles. The number of halogens is 2. The summed E-state index contributed by atoms with van der Waals surface area (Å²) in [7, 11) is 3.65. The molecule has 0 bridgehead atoms. The first kappa shape index (κ1) is 24.3. The minimum absolute atomic E-state index is 0. The van der Waals surface area contributed by atoms with E-state index in [1.807, 2.05) is 26.1 Å². The molecule has 4 nitrogen and oxygen atoms in total. The van der Waals surface area contributed by atoms with Gasteiger partial charge in [0, 0.05) is 12.1 Å². The van der Waals surface area contributed by atoms with Crippen LogP contribution in [0.3, 0.4) is 0 Å². The van der Waals surface area contributed by atoms with Gasteiger partial charge in [0.05, 0.1) is 13.7 Å². The Balaban J connectivity index is 0. The van der Waals surface area contributed by atoms with Crippen molar-refractivity contribution in [2.24, 2.45) is 0 Å². The zero-order valence-corrected chi connectivity index (χ0v) is 15.9. The Morgan fingerprint density at radius 1 is 1.22 bits per heavy atom. The van der Waals surface area contributed by atoms with Crippen LogP contribution in [0.15, 0.2) is 24.8 Å². The lowest BCUT2D eigenvalue weighted by Crippen LogP contribution is -2.19. The lowest BCUT2D eigenvalue weighted by Gasteiger charge is -2.16. The van der Waals surface area contributed by atoms with Crippen LogP contribution in [0.1, 0.15) is 24.5 Å². The average molecular weight is 365 g/mol. The lowest BCUT2D eigenvalue weighted by atomic mass is 10.1. The number of hydrogen-bond acceptors (Lipinski definition) is 4. The maximum Gasteiger partial charge on any atom is 0.164 e. The van der Waals surface area contributed by atoms with Crippen LogP contribution >= 0.6 is 24.8 Å². The molecule has 1 rings (SSSR count). The Hall–Kier alpha value is -0.940. The quantitative estimate of drug-likeness (QED) is 0.466. The lowest BCUT2D eigenvalue weighted by molar-refractivity contribution is 0.308. The highest BCUT2D eigenvalue weighted by Gasteiger charge is 2.12. The minimum atomic E-state index is 0. The van der Waals surface area contributed by atoms with Crippen molar-refractivity contribution in [1.82, 2.24) is 10.6 Å². The highest BCUT2D eigenvalue weighted by molar-refractivity contribution is 5.85. The summed E-state index contributed by atoms with van der Waals surface area (Å²) < 4.78 is 11.2. The van der Waals surface area contributed by atoms with E-state index in [0.29, 0.717) is 6.61 Å². The van der Waals surface area contributed by atoms with Gasteiger partial charge in [0.15, 0.2) is 11.5 Å². The van der Waals surface area contributed by atoms with Gasteiger partial charge in [0.1, 0.15) is 0 Å². The van der Waals surface area contributed by atoms with Crippen molar-refractivity contribution in [1.29, 1.82) is 0 Å². The Bertz CT molecular complexity index is 443. The summed E-state index contributed by atoms with van der Waals surface area (Å²) in [6, 6.07) is 4.21. The van der Waals surface area contributed by atoms with Gasteiger partial charge < -0.3 is 20.1 Å². The highest BCUT2D eigenvalue weighted by atomic mass is 35.5. The first-order chi connectivity index (χ1) is 10.3. The normalized spacial score (nSPS) is 9.52. The molecule has 0 saturated heterocycles. The van der Waals surface area contributed by atoms with Crippen LogP contribution in [0, 0.1) is 0 Å². The van der Waals surface area contributed by atoms with E-state index in [4.69, 9.17) is 9.47 Å². The molecule has 0 radical (unpaired) electrons. The molecule has 0 heterocycles. The molecule has 0 atom stereocenters. The second-order valence-electron chi connectivity index (χ2n) is 4.85. The van der Waals surface area contributed by atoms with Crippen molar-refractivity contribution < 1.29 is 9.47 Å². The van der Waals surface area contributed by atoms with Gasteiger partial charge in [-0.2, -0.15) is 0 Å². The first-order valence-electron chi connectivity index (χ1n) is 7.55. The van der Waals surface area contributed by atoms with Crippen LogP contribution in [0.2, 0.25) is 0 Å². The summed E-state index contributed by atoms with van der Waals surface area (Å²) in [6.45, 7) is 9.28. The van der Waals surface area contributed by atoms with Gasteiger partial charge in [0.25, 0.3) is 0 Å². The Labute approximate surface area is 152 Å². The van der Waals surface area contributed by atoms with E-state index in [1.54, 1.807) is 7.11 Å². The van der Waals surface area contributed by atoms with Crippen molar-refractivity contribution in [2.45, 2.75) is 26.3 Å². The van der Waals surface area contributed by atoms with E-state index in [0.717, 1.165) is 49.5 Å². The number of benzene rings is 1. The van der Waals surface area contributed by atoms with Gasteiger partial charge in [-0.25, -0.2) is 0 Å². The standard InChI is InChI=1S/C17H28N2O2.2ClH/c1-5-8-15-11-14(13-19-10-7-9-18-3)12-16(20-4)17(15)21-6-2;;/h5,11-12,18-19H,1,6-10,13H2,2-4H3;2*1H. The fourth-order valence-electron chi connectivity index (χ4n) is 2.22. The highest BCUT2D eigenvalue weighted by Crippen LogP contribution is 2.33. The Morgan fingerprint density at radius 2 is 1.96 bits per heavy atom. The molecule has 0 aliphatic heterocycles. The first-order valence-corrected chi connectivity index (χ1v) is 7.55. The second-order valence-corrected chi connectivity index (χ2v) is 4.85. The number of allylic oxidation sites excluding steroid dienone is 1. The number of ether oxygens (including phenoxy) is 2. The van der Waals surface area contributed by atoms with Gasteiger partial charge in [-0.15, -0.1) is 31.4 Å². The molecule has 134 valence electrons. The maximum absolute atomic E-state index is 5.72. The zero-order chi connectivity index (χ0) is 15.5. The molecule has 0 aromatic heterocycles. The molecule has 1 aromatic rings. The molecule has 0 saturated carbocycles. The van der Waals surface area contributed by atoms with Crippen molar-refractivity contribution in [3.05, 3.63) is 35.9 Å². The molecule has 1 aromatic carbocycles. The summed E-state index contributed by atoms with van der Waals surface area (Å²) in [5.41, 5.74) is 2.33. The molecule has 23 heavy (non-hydrogen) atoms. The molecule has 0 unspecified atom stereocenters. The Morgan fingerprint density at radius 3 is 2.52 bits per heavy atom. The molecule has 6 heteroatoms. The molecular weight excluding hydrogens is 335 g/mol.